The van der Waals surface area contributed by atoms with E-state index in [9.17, 15) is 4.79 Å². The molecule has 0 bridgehead atoms. The number of anilines is 1. The van der Waals surface area contributed by atoms with Gasteiger partial charge < -0.3 is 10.5 Å². The normalized spacial score (nSPS) is 11.0. The van der Waals surface area contributed by atoms with Crippen LogP contribution in [0.5, 0.6) is 0 Å². The Hall–Kier alpha value is -2.41. The second kappa shape index (κ2) is 5.17. The Morgan fingerprint density at radius 1 is 1.48 bits per heavy atom. The van der Waals surface area contributed by atoms with Crippen LogP contribution < -0.4 is 5.73 Å². The molecule has 0 radical (unpaired) electrons. The summed E-state index contributed by atoms with van der Waals surface area (Å²) in [5.41, 5.74) is 8.75. The van der Waals surface area contributed by atoms with E-state index in [0.29, 0.717) is 18.0 Å². The lowest BCUT2D eigenvalue weighted by Crippen LogP contribution is -2.03. The molecule has 3 aromatic rings. The lowest BCUT2D eigenvalue weighted by molar-refractivity contribution is 0.0526. The van der Waals surface area contributed by atoms with E-state index in [1.165, 1.54) is 11.3 Å². The molecule has 3 rings (SSSR count). The maximum Gasteiger partial charge on any atom is 0.338 e. The highest BCUT2D eigenvalue weighted by Gasteiger charge is 2.16. The molecule has 1 aromatic carbocycles. The average molecular weight is 302 g/mol. The molecule has 2 heterocycles. The van der Waals surface area contributed by atoms with Crippen molar-refractivity contribution in [2.24, 2.45) is 0 Å². The highest BCUT2D eigenvalue weighted by atomic mass is 32.1. The number of hydrogen-bond acceptors (Lipinski definition) is 6. The van der Waals surface area contributed by atoms with Gasteiger partial charge in [-0.05, 0) is 32.0 Å². The molecule has 108 valence electrons. The van der Waals surface area contributed by atoms with Crippen molar-refractivity contribution in [2.45, 2.75) is 13.8 Å². The van der Waals surface area contributed by atoms with Crippen LogP contribution in [-0.2, 0) is 4.74 Å². The number of hydrogen-bond donors (Lipinski definition) is 2. The minimum absolute atomic E-state index is 0.340. The van der Waals surface area contributed by atoms with Crippen LogP contribution in [0.4, 0.5) is 5.82 Å². The van der Waals surface area contributed by atoms with Gasteiger partial charge in [0.1, 0.15) is 10.8 Å². The van der Waals surface area contributed by atoms with E-state index in [1.807, 2.05) is 13.0 Å². The van der Waals surface area contributed by atoms with Crippen molar-refractivity contribution in [1.82, 2.24) is 15.2 Å². The first kappa shape index (κ1) is 13.6. The summed E-state index contributed by atoms with van der Waals surface area (Å²) in [5, 5.41) is 7.61. The monoisotopic (exact) mass is 302 g/mol. The third kappa shape index (κ3) is 2.36. The first-order valence-corrected chi connectivity index (χ1v) is 7.30. The van der Waals surface area contributed by atoms with Crippen LogP contribution >= 0.6 is 11.3 Å². The second-order valence-electron chi connectivity index (χ2n) is 4.52. The summed E-state index contributed by atoms with van der Waals surface area (Å²) in [6.07, 6.45) is 0. The van der Waals surface area contributed by atoms with Gasteiger partial charge >= 0.3 is 5.97 Å². The molecule has 0 saturated heterocycles. The summed E-state index contributed by atoms with van der Waals surface area (Å²) in [4.78, 5) is 16.3. The minimum Gasteiger partial charge on any atom is -0.462 e. The fourth-order valence-electron chi connectivity index (χ4n) is 2.10. The van der Waals surface area contributed by atoms with Gasteiger partial charge in [-0.25, -0.2) is 9.78 Å². The predicted molar refractivity (Wildman–Crippen MR) is 82.3 cm³/mol. The standard InChI is InChI=1S/C14H14N4O2S/c1-3-20-14(19)8-4-5-10-9(6-8)16-13(21-10)11-7(2)17-18-12(11)15/h4-6H,3H2,1-2H3,(H3,15,17,18). The topological polar surface area (TPSA) is 93.9 Å². The van der Waals surface area contributed by atoms with Gasteiger partial charge in [-0.1, -0.05) is 0 Å². The number of benzene rings is 1. The van der Waals surface area contributed by atoms with Crippen LogP contribution in [0, 0.1) is 6.92 Å². The first-order valence-electron chi connectivity index (χ1n) is 6.48. The van der Waals surface area contributed by atoms with Gasteiger partial charge in [-0.2, -0.15) is 5.10 Å². The van der Waals surface area contributed by atoms with Crippen molar-refractivity contribution in [2.75, 3.05) is 12.3 Å². The zero-order valence-corrected chi connectivity index (χ0v) is 12.5. The number of aromatic amines is 1. The number of nitrogens with one attached hydrogen (secondary N) is 1. The number of rotatable bonds is 3. The van der Waals surface area contributed by atoms with Gasteiger partial charge in [0.05, 0.1) is 33.6 Å². The van der Waals surface area contributed by atoms with Gasteiger partial charge in [0.15, 0.2) is 0 Å². The summed E-state index contributed by atoms with van der Waals surface area (Å²) in [7, 11) is 0. The van der Waals surface area contributed by atoms with Crippen molar-refractivity contribution in [1.29, 1.82) is 0 Å². The number of nitrogens with two attached hydrogens (primary N) is 1. The summed E-state index contributed by atoms with van der Waals surface area (Å²) in [6, 6.07) is 5.35. The summed E-state index contributed by atoms with van der Waals surface area (Å²) < 4.78 is 5.98. The van der Waals surface area contributed by atoms with Gasteiger partial charge in [-0.3, -0.25) is 5.10 Å². The molecule has 6 nitrogen and oxygen atoms in total. The van der Waals surface area contributed by atoms with E-state index < -0.39 is 0 Å². The van der Waals surface area contributed by atoms with E-state index in [1.54, 1.807) is 19.1 Å². The number of thiazole rings is 1. The quantitative estimate of drug-likeness (QED) is 0.725. The van der Waals surface area contributed by atoms with Gasteiger partial charge in [0, 0.05) is 0 Å². The maximum absolute atomic E-state index is 11.8. The third-order valence-electron chi connectivity index (χ3n) is 3.09. The smallest absolute Gasteiger partial charge is 0.338 e. The Labute approximate surface area is 125 Å². The average Bonchev–Trinajstić information content (AvgIpc) is 3.01. The molecule has 0 aliphatic rings. The van der Waals surface area contributed by atoms with E-state index in [4.69, 9.17) is 10.5 Å². The van der Waals surface area contributed by atoms with E-state index in [2.05, 4.69) is 15.2 Å². The van der Waals surface area contributed by atoms with Crippen LogP contribution in [0.2, 0.25) is 0 Å². The third-order valence-corrected chi connectivity index (χ3v) is 4.14. The number of nitrogens with zero attached hydrogens (tertiary/aromatic N) is 2. The number of carbonyl (C=O) groups excluding carboxylic acids is 1. The van der Waals surface area contributed by atoms with Crippen LogP contribution in [0.1, 0.15) is 23.0 Å². The number of aromatic nitrogens is 3. The van der Waals surface area contributed by atoms with Gasteiger partial charge in [0.25, 0.3) is 0 Å². The lowest BCUT2D eigenvalue weighted by Gasteiger charge is -2.00. The molecule has 0 aliphatic carbocycles. The fourth-order valence-corrected chi connectivity index (χ4v) is 3.15. The summed E-state index contributed by atoms with van der Waals surface area (Å²) in [5.74, 6) is 0.158. The van der Waals surface area contributed by atoms with Crippen LogP contribution in [0.3, 0.4) is 0 Å². The van der Waals surface area contributed by atoms with E-state index in [-0.39, 0.29) is 5.97 Å². The summed E-state index contributed by atoms with van der Waals surface area (Å²) >= 11 is 1.51. The van der Waals surface area contributed by atoms with E-state index in [0.717, 1.165) is 26.5 Å². The van der Waals surface area contributed by atoms with Gasteiger partial charge in [0.2, 0.25) is 0 Å². The van der Waals surface area contributed by atoms with Crippen LogP contribution in [0.15, 0.2) is 18.2 Å². The zero-order valence-electron chi connectivity index (χ0n) is 11.6. The number of aryl methyl sites for hydroxylation is 1. The minimum atomic E-state index is -0.340. The largest absolute Gasteiger partial charge is 0.462 e. The van der Waals surface area contributed by atoms with Crippen molar-refractivity contribution >= 4 is 33.3 Å². The molecule has 0 fully saturated rings. The molecule has 0 unspecified atom stereocenters. The number of ether oxygens (including phenoxy) is 1. The van der Waals surface area contributed by atoms with E-state index >= 15 is 0 Å². The Balaban J connectivity index is 2.07. The SMILES string of the molecule is CCOC(=O)c1ccc2sc(-c3c(C)n[nH]c3N)nc2c1. The molecule has 0 amide bonds. The molecule has 7 heteroatoms. The first-order chi connectivity index (χ1) is 10.1. The molecule has 0 aliphatic heterocycles. The zero-order chi connectivity index (χ0) is 15.0. The number of carbonyl (C=O) groups is 1. The predicted octanol–water partition coefficient (Wildman–Crippen LogP) is 2.75. The Morgan fingerprint density at radius 2 is 2.29 bits per heavy atom. The molecule has 2 aromatic heterocycles. The molecule has 3 N–H and O–H groups in total. The Bertz CT molecular complexity index is 802. The molecular formula is C14H14N4O2S. The fraction of sp³-hybridized carbons (Fsp3) is 0.214. The second-order valence-corrected chi connectivity index (χ2v) is 5.55. The molecular weight excluding hydrogens is 288 g/mol. The molecule has 21 heavy (non-hydrogen) atoms. The number of nitrogen functional groups attached to an aromatic ring is 1. The lowest BCUT2D eigenvalue weighted by atomic mass is 10.2. The Kier molecular flexibility index (Phi) is 3.34. The molecule has 0 spiro atoms. The van der Waals surface area contributed by atoms with Crippen molar-refractivity contribution in [3.63, 3.8) is 0 Å². The summed E-state index contributed by atoms with van der Waals surface area (Å²) in [6.45, 7) is 4.00. The van der Waals surface area contributed by atoms with Crippen LogP contribution in [-0.4, -0.2) is 27.8 Å². The van der Waals surface area contributed by atoms with Crippen molar-refractivity contribution in [3.8, 4) is 10.6 Å². The van der Waals surface area contributed by atoms with Crippen molar-refractivity contribution < 1.29 is 9.53 Å². The number of fused-ring (bicyclic) bond motifs is 1. The molecule has 0 saturated carbocycles. The Morgan fingerprint density at radius 3 is 2.95 bits per heavy atom. The van der Waals surface area contributed by atoms with Gasteiger partial charge in [-0.15, -0.1) is 11.3 Å². The highest BCUT2D eigenvalue weighted by molar-refractivity contribution is 7.21. The number of H-pyrrole nitrogens is 1. The van der Waals surface area contributed by atoms with Crippen molar-refractivity contribution in [3.05, 3.63) is 29.5 Å². The number of esters is 1. The maximum atomic E-state index is 11.8. The molecule has 0 atom stereocenters. The highest BCUT2D eigenvalue weighted by Crippen LogP contribution is 2.34. The van der Waals surface area contributed by atoms with Crippen LogP contribution in [0.25, 0.3) is 20.8 Å².